The first-order valence-electron chi connectivity index (χ1n) is 5.60. The highest BCUT2D eigenvalue weighted by Gasteiger charge is 2.19. The zero-order valence-corrected chi connectivity index (χ0v) is 12.0. The van der Waals surface area contributed by atoms with Gasteiger partial charge in [0.05, 0.1) is 27.1 Å². The number of carbonyl (C=O) groups excluding carboxylic acids is 1. The third kappa shape index (κ3) is 5.41. The molecule has 0 unspecified atom stereocenters. The number of rotatable bonds is 7. The lowest BCUT2D eigenvalue weighted by molar-refractivity contribution is -0.384. The molecule has 0 aliphatic carbocycles. The third-order valence-corrected chi connectivity index (χ3v) is 3.05. The summed E-state index contributed by atoms with van der Waals surface area (Å²) in [5.41, 5.74) is -0.562. The normalized spacial score (nSPS) is 10.7. The summed E-state index contributed by atoms with van der Waals surface area (Å²) in [6.07, 6.45) is -2.59. The van der Waals surface area contributed by atoms with Crippen molar-refractivity contribution in [1.82, 2.24) is 5.32 Å². The van der Waals surface area contributed by atoms with Crippen molar-refractivity contribution in [2.24, 2.45) is 0 Å². The molecule has 21 heavy (non-hydrogen) atoms. The van der Waals surface area contributed by atoms with Crippen molar-refractivity contribution in [1.29, 1.82) is 0 Å². The lowest BCUT2D eigenvalue weighted by Gasteiger charge is -2.08. The summed E-state index contributed by atoms with van der Waals surface area (Å²) < 4.78 is 28.2. The second-order valence-corrected chi connectivity index (χ2v) is 4.55. The molecular formula is C11H10Cl2F2N2O4. The van der Waals surface area contributed by atoms with Crippen LogP contribution >= 0.6 is 23.2 Å². The number of halogens is 4. The first kappa shape index (κ1) is 17.5. The molecule has 1 N–H and O–H groups in total. The lowest BCUT2D eigenvalue weighted by Crippen LogP contribution is -2.28. The quantitative estimate of drug-likeness (QED) is 0.469. The number of carbonyl (C=O) groups is 1. The SMILES string of the molecule is O=C(NCCOCC(F)F)c1cc([N+](=O)[O-])cc(Cl)c1Cl. The van der Waals surface area contributed by atoms with Crippen LogP contribution in [0, 0.1) is 10.1 Å². The number of hydrogen-bond donors (Lipinski definition) is 1. The first-order valence-corrected chi connectivity index (χ1v) is 6.36. The van der Waals surface area contributed by atoms with E-state index in [-0.39, 0.29) is 34.4 Å². The number of nitrogens with zero attached hydrogens (tertiary/aromatic N) is 1. The van der Waals surface area contributed by atoms with E-state index in [0.29, 0.717) is 0 Å². The Balaban J connectivity index is 2.67. The smallest absolute Gasteiger partial charge is 0.271 e. The van der Waals surface area contributed by atoms with Crippen LogP contribution in [0.2, 0.25) is 10.0 Å². The Labute approximate surface area is 128 Å². The molecule has 0 aliphatic heterocycles. The molecule has 1 aromatic rings. The summed E-state index contributed by atoms with van der Waals surface area (Å²) in [5.74, 6) is -0.716. The van der Waals surface area contributed by atoms with E-state index in [0.717, 1.165) is 12.1 Å². The highest BCUT2D eigenvalue weighted by atomic mass is 35.5. The van der Waals surface area contributed by atoms with Gasteiger partial charge in [-0.3, -0.25) is 14.9 Å². The zero-order valence-electron chi connectivity index (χ0n) is 10.4. The Kier molecular flexibility index (Phi) is 6.73. The van der Waals surface area contributed by atoms with E-state index in [1.807, 2.05) is 0 Å². The summed E-state index contributed by atoms with van der Waals surface area (Å²) in [6.45, 7) is -0.919. The van der Waals surface area contributed by atoms with Crippen LogP contribution in [-0.2, 0) is 4.74 Å². The van der Waals surface area contributed by atoms with Crippen LogP contribution in [0.15, 0.2) is 12.1 Å². The minimum atomic E-state index is -2.59. The predicted octanol–water partition coefficient (Wildman–Crippen LogP) is 2.91. The topological polar surface area (TPSA) is 81.5 Å². The Morgan fingerprint density at radius 2 is 2.10 bits per heavy atom. The molecule has 0 aromatic heterocycles. The van der Waals surface area contributed by atoms with Crippen molar-refractivity contribution in [2.45, 2.75) is 6.43 Å². The zero-order chi connectivity index (χ0) is 16.0. The number of nitro groups is 1. The average Bonchev–Trinajstić information content (AvgIpc) is 2.40. The van der Waals surface area contributed by atoms with E-state index in [9.17, 15) is 23.7 Å². The molecule has 116 valence electrons. The molecule has 1 aromatic carbocycles. The molecular weight excluding hydrogens is 333 g/mol. The second-order valence-electron chi connectivity index (χ2n) is 3.77. The van der Waals surface area contributed by atoms with Gasteiger partial charge < -0.3 is 10.1 Å². The Morgan fingerprint density at radius 1 is 1.43 bits per heavy atom. The van der Waals surface area contributed by atoms with Gasteiger partial charge in [0.1, 0.15) is 6.61 Å². The number of benzene rings is 1. The molecule has 6 nitrogen and oxygen atoms in total. The second kappa shape index (κ2) is 8.06. The van der Waals surface area contributed by atoms with E-state index in [2.05, 4.69) is 10.1 Å². The van der Waals surface area contributed by atoms with E-state index < -0.39 is 23.9 Å². The summed E-state index contributed by atoms with van der Waals surface area (Å²) in [5, 5.41) is 12.8. The average molecular weight is 343 g/mol. The van der Waals surface area contributed by atoms with E-state index in [1.54, 1.807) is 0 Å². The van der Waals surface area contributed by atoms with Gasteiger partial charge in [0.25, 0.3) is 18.0 Å². The molecule has 0 saturated carbocycles. The Morgan fingerprint density at radius 3 is 2.67 bits per heavy atom. The number of ether oxygens (including phenoxy) is 1. The van der Waals surface area contributed by atoms with Crippen molar-refractivity contribution in [3.05, 3.63) is 37.9 Å². The van der Waals surface area contributed by atoms with Crippen LogP contribution in [-0.4, -0.2) is 37.0 Å². The van der Waals surface area contributed by atoms with E-state index in [4.69, 9.17) is 23.2 Å². The maximum Gasteiger partial charge on any atom is 0.271 e. The maximum absolute atomic E-state index is 11.8. The van der Waals surface area contributed by atoms with Gasteiger partial charge in [0.2, 0.25) is 0 Å². The van der Waals surface area contributed by atoms with Gasteiger partial charge in [-0.15, -0.1) is 0 Å². The van der Waals surface area contributed by atoms with Crippen molar-refractivity contribution in [3.8, 4) is 0 Å². The number of alkyl halides is 2. The van der Waals surface area contributed by atoms with Crippen LogP contribution in [0.1, 0.15) is 10.4 Å². The monoisotopic (exact) mass is 342 g/mol. The molecule has 1 amide bonds. The number of hydrogen-bond acceptors (Lipinski definition) is 4. The summed E-state index contributed by atoms with van der Waals surface area (Å²) >= 11 is 11.5. The minimum Gasteiger partial charge on any atom is -0.374 e. The number of nitro benzene ring substituents is 1. The highest BCUT2D eigenvalue weighted by molar-refractivity contribution is 6.44. The molecule has 0 radical (unpaired) electrons. The van der Waals surface area contributed by atoms with E-state index in [1.165, 1.54) is 0 Å². The van der Waals surface area contributed by atoms with Crippen LogP contribution in [0.5, 0.6) is 0 Å². The maximum atomic E-state index is 11.8. The van der Waals surface area contributed by atoms with Gasteiger partial charge in [-0.2, -0.15) is 0 Å². The first-order chi connectivity index (χ1) is 9.82. The molecule has 0 bridgehead atoms. The van der Waals surface area contributed by atoms with Gasteiger partial charge in [-0.05, 0) is 0 Å². The van der Waals surface area contributed by atoms with E-state index >= 15 is 0 Å². The standard InChI is InChI=1S/C11H10Cl2F2N2O4/c12-8-4-6(17(19)20)3-7(10(8)13)11(18)16-1-2-21-5-9(14)15/h3-4,9H,1-2,5H2,(H,16,18). The number of non-ortho nitro benzene ring substituents is 1. The molecule has 10 heteroatoms. The van der Waals surface area contributed by atoms with Gasteiger partial charge in [-0.1, -0.05) is 23.2 Å². The minimum absolute atomic E-state index is 0.0534. The van der Waals surface area contributed by atoms with Gasteiger partial charge in [-0.25, -0.2) is 8.78 Å². The Bertz CT molecular complexity index is 543. The fraction of sp³-hybridized carbons (Fsp3) is 0.364. The third-order valence-electron chi connectivity index (χ3n) is 2.24. The summed E-state index contributed by atoms with van der Waals surface area (Å²) in [7, 11) is 0. The van der Waals surface area contributed by atoms with Crippen LogP contribution in [0.3, 0.4) is 0 Å². The van der Waals surface area contributed by atoms with Crippen LogP contribution in [0.4, 0.5) is 14.5 Å². The van der Waals surface area contributed by atoms with Crippen LogP contribution < -0.4 is 5.32 Å². The van der Waals surface area contributed by atoms with Gasteiger partial charge in [0, 0.05) is 18.7 Å². The van der Waals surface area contributed by atoms with Crippen molar-refractivity contribution in [3.63, 3.8) is 0 Å². The molecule has 0 saturated heterocycles. The predicted molar refractivity (Wildman–Crippen MR) is 72.3 cm³/mol. The molecule has 0 atom stereocenters. The number of nitrogens with one attached hydrogen (secondary N) is 1. The van der Waals surface area contributed by atoms with Gasteiger partial charge >= 0.3 is 0 Å². The molecule has 0 aliphatic rings. The molecule has 0 fully saturated rings. The summed E-state index contributed by atoms with van der Waals surface area (Å²) in [6, 6.07) is 2.00. The molecule has 0 spiro atoms. The molecule has 0 heterocycles. The van der Waals surface area contributed by atoms with Gasteiger partial charge in [0.15, 0.2) is 0 Å². The van der Waals surface area contributed by atoms with Crippen molar-refractivity contribution < 1.29 is 23.2 Å². The fourth-order valence-electron chi connectivity index (χ4n) is 1.35. The molecule has 1 rings (SSSR count). The Hall–Kier alpha value is -1.51. The number of amides is 1. The fourth-order valence-corrected chi connectivity index (χ4v) is 1.76. The van der Waals surface area contributed by atoms with Crippen molar-refractivity contribution in [2.75, 3.05) is 19.8 Å². The largest absolute Gasteiger partial charge is 0.374 e. The lowest BCUT2D eigenvalue weighted by atomic mass is 10.2. The van der Waals surface area contributed by atoms with Crippen LogP contribution in [0.25, 0.3) is 0 Å². The summed E-state index contributed by atoms with van der Waals surface area (Å²) in [4.78, 5) is 21.8. The highest BCUT2D eigenvalue weighted by Crippen LogP contribution is 2.30. The van der Waals surface area contributed by atoms with Crippen molar-refractivity contribution >= 4 is 34.8 Å².